The van der Waals surface area contributed by atoms with Crippen LogP contribution < -0.4 is 10.6 Å². The van der Waals surface area contributed by atoms with Gasteiger partial charge in [-0.1, -0.05) is 0 Å². The molecule has 4 nitrogen and oxygen atoms in total. The van der Waals surface area contributed by atoms with Crippen molar-refractivity contribution in [3.63, 3.8) is 0 Å². The first kappa shape index (κ1) is 9.54. The molecule has 0 radical (unpaired) electrons. The highest BCUT2D eigenvalue weighted by Gasteiger charge is 2.41. The van der Waals surface area contributed by atoms with Crippen LogP contribution in [0.3, 0.4) is 0 Å². The Hall–Kier alpha value is -0.680. The van der Waals surface area contributed by atoms with Gasteiger partial charge in [-0.15, -0.1) is 0 Å². The van der Waals surface area contributed by atoms with Gasteiger partial charge in [-0.3, -0.25) is 0 Å². The molecule has 1 aliphatic heterocycles. The molecule has 1 aromatic rings. The second-order valence-corrected chi connectivity index (χ2v) is 5.42. The molecule has 0 bridgehead atoms. The van der Waals surface area contributed by atoms with E-state index < -0.39 is 0 Å². The van der Waals surface area contributed by atoms with Gasteiger partial charge in [0.15, 0.2) is 0 Å². The molecule has 2 aliphatic rings. The number of nitrogens with zero attached hydrogens (tertiary/aromatic N) is 3. The van der Waals surface area contributed by atoms with Crippen LogP contribution in [0.2, 0.25) is 0 Å². The Balaban J connectivity index is 1.77. The van der Waals surface area contributed by atoms with Crippen molar-refractivity contribution in [1.82, 2.24) is 9.36 Å². The number of hydrogen-bond acceptors (Lipinski definition) is 5. The summed E-state index contributed by atoms with van der Waals surface area (Å²) >= 11 is 1.51. The molecule has 3 atom stereocenters. The van der Waals surface area contributed by atoms with Crippen molar-refractivity contribution in [1.29, 1.82) is 0 Å². The summed E-state index contributed by atoms with van der Waals surface area (Å²) in [4.78, 5) is 6.80. The van der Waals surface area contributed by atoms with Crippen LogP contribution in [0.4, 0.5) is 5.13 Å². The fraction of sp³-hybridized carbons (Fsp3) is 0.800. The molecular formula is C10H16N4S. The molecule has 15 heavy (non-hydrogen) atoms. The summed E-state index contributed by atoms with van der Waals surface area (Å²) in [5.74, 6) is 2.37. The van der Waals surface area contributed by atoms with E-state index in [0.717, 1.165) is 30.0 Å². The van der Waals surface area contributed by atoms with Crippen LogP contribution >= 0.6 is 11.5 Å². The zero-order valence-corrected chi connectivity index (χ0v) is 9.70. The first-order valence-corrected chi connectivity index (χ1v) is 6.32. The third-order valence-corrected chi connectivity index (χ3v) is 4.57. The van der Waals surface area contributed by atoms with Gasteiger partial charge in [0.2, 0.25) is 5.13 Å². The number of rotatable bonds is 1. The van der Waals surface area contributed by atoms with Crippen LogP contribution in [-0.4, -0.2) is 28.5 Å². The minimum Gasteiger partial charge on any atom is -0.346 e. The van der Waals surface area contributed by atoms with Gasteiger partial charge >= 0.3 is 0 Å². The lowest BCUT2D eigenvalue weighted by molar-refractivity contribution is 0.453. The zero-order valence-electron chi connectivity index (χ0n) is 8.89. The van der Waals surface area contributed by atoms with Crippen molar-refractivity contribution in [3.05, 3.63) is 5.82 Å². The second-order valence-electron chi connectivity index (χ2n) is 4.69. The van der Waals surface area contributed by atoms with Gasteiger partial charge in [-0.05, 0) is 31.6 Å². The number of fused-ring (bicyclic) bond motifs is 1. The average molecular weight is 224 g/mol. The van der Waals surface area contributed by atoms with Crippen molar-refractivity contribution in [2.24, 2.45) is 17.6 Å². The predicted octanol–water partition coefficient (Wildman–Crippen LogP) is 1.02. The molecular weight excluding hydrogens is 208 g/mol. The van der Waals surface area contributed by atoms with Gasteiger partial charge in [0, 0.05) is 30.7 Å². The quantitative estimate of drug-likeness (QED) is 0.774. The molecule has 0 spiro atoms. The van der Waals surface area contributed by atoms with E-state index in [-0.39, 0.29) is 0 Å². The summed E-state index contributed by atoms with van der Waals surface area (Å²) in [5.41, 5.74) is 6.11. The number of anilines is 1. The Morgan fingerprint density at radius 2 is 2.27 bits per heavy atom. The van der Waals surface area contributed by atoms with Gasteiger partial charge < -0.3 is 10.6 Å². The third kappa shape index (κ3) is 1.54. The summed E-state index contributed by atoms with van der Waals surface area (Å²) in [7, 11) is 0. The van der Waals surface area contributed by atoms with E-state index in [9.17, 15) is 0 Å². The van der Waals surface area contributed by atoms with Crippen LogP contribution in [0.1, 0.15) is 18.7 Å². The third-order valence-electron chi connectivity index (χ3n) is 3.70. The highest BCUT2D eigenvalue weighted by Crippen LogP contribution is 2.39. The van der Waals surface area contributed by atoms with E-state index in [4.69, 9.17) is 5.73 Å². The summed E-state index contributed by atoms with van der Waals surface area (Å²) in [6.07, 6.45) is 2.50. The van der Waals surface area contributed by atoms with Gasteiger partial charge in [-0.2, -0.15) is 4.37 Å². The number of aromatic nitrogens is 2. The van der Waals surface area contributed by atoms with Crippen molar-refractivity contribution in [2.75, 3.05) is 18.0 Å². The van der Waals surface area contributed by atoms with Crippen LogP contribution in [-0.2, 0) is 0 Å². The van der Waals surface area contributed by atoms with Crippen molar-refractivity contribution in [2.45, 2.75) is 25.8 Å². The fourth-order valence-electron chi connectivity index (χ4n) is 2.88. The van der Waals surface area contributed by atoms with E-state index in [0.29, 0.717) is 12.0 Å². The Morgan fingerprint density at radius 1 is 1.40 bits per heavy atom. The number of hydrogen-bond donors (Lipinski definition) is 1. The predicted molar refractivity (Wildman–Crippen MR) is 61.0 cm³/mol. The first-order valence-electron chi connectivity index (χ1n) is 5.55. The molecule has 1 saturated heterocycles. The summed E-state index contributed by atoms with van der Waals surface area (Å²) < 4.78 is 4.23. The second kappa shape index (κ2) is 3.42. The lowest BCUT2D eigenvalue weighted by atomic mass is 9.98. The number of aryl methyl sites for hydroxylation is 1. The molecule has 2 fully saturated rings. The Bertz CT molecular complexity index is 364. The maximum Gasteiger partial charge on any atom is 0.205 e. The van der Waals surface area contributed by atoms with Crippen molar-refractivity contribution in [3.8, 4) is 0 Å². The number of nitrogens with two attached hydrogens (primary N) is 1. The van der Waals surface area contributed by atoms with E-state index in [1.54, 1.807) is 0 Å². The van der Waals surface area contributed by atoms with Gasteiger partial charge in [0.1, 0.15) is 5.82 Å². The minimum absolute atomic E-state index is 0.411. The molecule has 2 heterocycles. The lowest BCUT2D eigenvalue weighted by Gasteiger charge is -2.16. The van der Waals surface area contributed by atoms with Gasteiger partial charge in [-0.25, -0.2) is 4.98 Å². The molecule has 1 saturated carbocycles. The normalized spacial score (nSPS) is 34.8. The molecule has 2 N–H and O–H groups in total. The standard InChI is InChI=1S/C10H16N4S/c1-6-12-10(15-13-6)14-4-7-2-3-9(11)8(7)5-14/h7-9H,2-5,11H2,1H3. The summed E-state index contributed by atoms with van der Waals surface area (Å²) in [5, 5.41) is 1.08. The Kier molecular flexibility index (Phi) is 2.17. The minimum atomic E-state index is 0.411. The van der Waals surface area contributed by atoms with Crippen molar-refractivity contribution >= 4 is 16.7 Å². The van der Waals surface area contributed by atoms with Crippen LogP contribution in [0.5, 0.6) is 0 Å². The topological polar surface area (TPSA) is 55.0 Å². The highest BCUT2D eigenvalue weighted by atomic mass is 32.1. The maximum absolute atomic E-state index is 6.11. The smallest absolute Gasteiger partial charge is 0.205 e. The van der Waals surface area contributed by atoms with Gasteiger partial charge in [0.05, 0.1) is 0 Å². The lowest BCUT2D eigenvalue weighted by Crippen LogP contribution is -2.30. The maximum atomic E-state index is 6.11. The van der Waals surface area contributed by atoms with Crippen LogP contribution in [0.15, 0.2) is 0 Å². The first-order chi connectivity index (χ1) is 7.24. The zero-order chi connectivity index (χ0) is 10.4. The van der Waals surface area contributed by atoms with E-state index in [1.807, 2.05) is 6.92 Å². The van der Waals surface area contributed by atoms with Crippen LogP contribution in [0, 0.1) is 18.8 Å². The molecule has 1 aliphatic carbocycles. The van der Waals surface area contributed by atoms with Crippen molar-refractivity contribution < 1.29 is 0 Å². The average Bonchev–Trinajstić information content (AvgIpc) is 2.84. The monoisotopic (exact) mass is 224 g/mol. The molecule has 3 unspecified atom stereocenters. The molecule has 0 aromatic carbocycles. The highest BCUT2D eigenvalue weighted by molar-refractivity contribution is 7.09. The van der Waals surface area contributed by atoms with E-state index >= 15 is 0 Å². The van der Waals surface area contributed by atoms with E-state index in [2.05, 4.69) is 14.3 Å². The molecule has 82 valence electrons. The molecule has 5 heteroatoms. The SMILES string of the molecule is Cc1nsc(N2CC3CCC(N)C3C2)n1. The Morgan fingerprint density at radius 3 is 2.93 bits per heavy atom. The fourth-order valence-corrected chi connectivity index (χ4v) is 3.57. The molecule has 0 amide bonds. The summed E-state index contributed by atoms with van der Waals surface area (Å²) in [6, 6.07) is 0.411. The van der Waals surface area contributed by atoms with Crippen LogP contribution in [0.25, 0.3) is 0 Å². The summed E-state index contributed by atoms with van der Waals surface area (Å²) in [6.45, 7) is 4.16. The van der Waals surface area contributed by atoms with E-state index in [1.165, 1.54) is 24.4 Å². The van der Waals surface area contributed by atoms with Gasteiger partial charge in [0.25, 0.3) is 0 Å². The largest absolute Gasteiger partial charge is 0.346 e. The molecule has 1 aromatic heterocycles. The Labute approximate surface area is 93.7 Å². The molecule has 3 rings (SSSR count).